The highest BCUT2D eigenvalue weighted by Gasteiger charge is 2.27. The van der Waals surface area contributed by atoms with Crippen molar-refractivity contribution in [2.24, 2.45) is 0 Å². The molecule has 4 unspecified atom stereocenters. The molecule has 0 aromatic carbocycles. The molecule has 0 aliphatic heterocycles. The molecular formula is C6H13O5. The summed E-state index contributed by atoms with van der Waals surface area (Å²) in [5.41, 5.74) is 0. The van der Waals surface area contributed by atoms with Crippen LogP contribution in [0.15, 0.2) is 0 Å². The van der Waals surface area contributed by atoms with Gasteiger partial charge in [0.15, 0.2) is 0 Å². The van der Waals surface area contributed by atoms with E-state index in [2.05, 4.69) is 6.92 Å². The van der Waals surface area contributed by atoms with Crippen LogP contribution >= 0.6 is 0 Å². The van der Waals surface area contributed by atoms with E-state index < -0.39 is 31.0 Å². The van der Waals surface area contributed by atoms with Crippen molar-refractivity contribution in [3.63, 3.8) is 0 Å². The van der Waals surface area contributed by atoms with Crippen LogP contribution in [0.4, 0.5) is 0 Å². The lowest BCUT2D eigenvalue weighted by molar-refractivity contribution is -0.105. The van der Waals surface area contributed by atoms with Gasteiger partial charge in [-0.2, -0.15) is 0 Å². The maximum Gasteiger partial charge on any atom is 0.110 e. The predicted molar refractivity (Wildman–Crippen MR) is 36.5 cm³/mol. The first-order valence-electron chi connectivity index (χ1n) is 3.17. The Morgan fingerprint density at radius 2 is 1.45 bits per heavy atom. The van der Waals surface area contributed by atoms with Crippen molar-refractivity contribution in [1.82, 2.24) is 0 Å². The fourth-order valence-corrected chi connectivity index (χ4v) is 0.563. The van der Waals surface area contributed by atoms with E-state index in [0.717, 1.165) is 0 Å². The smallest absolute Gasteiger partial charge is 0.110 e. The van der Waals surface area contributed by atoms with Crippen molar-refractivity contribution in [1.29, 1.82) is 0 Å². The van der Waals surface area contributed by atoms with E-state index in [0.29, 0.717) is 0 Å². The van der Waals surface area contributed by atoms with Crippen LogP contribution in [0, 0.1) is 6.92 Å². The second kappa shape index (κ2) is 4.63. The molecule has 0 saturated heterocycles. The van der Waals surface area contributed by atoms with Gasteiger partial charge in [0, 0.05) is 0 Å². The molecular weight excluding hydrogens is 152 g/mol. The molecule has 5 N–H and O–H groups in total. The van der Waals surface area contributed by atoms with E-state index in [-0.39, 0.29) is 0 Å². The van der Waals surface area contributed by atoms with Crippen molar-refractivity contribution in [3.05, 3.63) is 6.92 Å². The third kappa shape index (κ3) is 3.13. The van der Waals surface area contributed by atoms with Crippen molar-refractivity contribution in [2.75, 3.05) is 6.61 Å². The van der Waals surface area contributed by atoms with Crippen LogP contribution in [-0.2, 0) is 0 Å². The van der Waals surface area contributed by atoms with Gasteiger partial charge in [-0.15, -0.1) is 0 Å². The number of aliphatic hydroxyl groups excluding tert-OH is 5. The molecule has 0 aromatic heterocycles. The van der Waals surface area contributed by atoms with E-state index >= 15 is 0 Å². The van der Waals surface area contributed by atoms with Crippen LogP contribution in [-0.4, -0.2) is 56.6 Å². The van der Waals surface area contributed by atoms with Crippen LogP contribution in [0.25, 0.3) is 0 Å². The fourth-order valence-electron chi connectivity index (χ4n) is 0.563. The number of hydrogen-bond acceptors (Lipinski definition) is 5. The SMILES string of the molecule is [CH2]C(O)C(O)C(O)C(O)CO. The van der Waals surface area contributed by atoms with Gasteiger partial charge >= 0.3 is 0 Å². The molecule has 0 spiro atoms. The lowest BCUT2D eigenvalue weighted by Crippen LogP contribution is -2.44. The summed E-state index contributed by atoms with van der Waals surface area (Å²) >= 11 is 0. The first-order valence-corrected chi connectivity index (χ1v) is 3.17. The van der Waals surface area contributed by atoms with Crippen molar-refractivity contribution in [3.8, 4) is 0 Å². The highest BCUT2D eigenvalue weighted by atomic mass is 16.4. The Morgan fingerprint density at radius 3 is 1.73 bits per heavy atom. The molecule has 0 aliphatic carbocycles. The minimum absolute atomic E-state index is 0.676. The third-order valence-electron chi connectivity index (χ3n) is 1.33. The normalized spacial score (nSPS) is 22.4. The predicted octanol–water partition coefficient (Wildman–Crippen LogP) is -2.74. The molecule has 1 radical (unpaired) electrons. The maximum absolute atomic E-state index is 8.90. The summed E-state index contributed by atoms with van der Waals surface area (Å²) in [7, 11) is 0. The van der Waals surface area contributed by atoms with Crippen molar-refractivity contribution in [2.45, 2.75) is 24.4 Å². The van der Waals surface area contributed by atoms with Gasteiger partial charge in [-0.1, -0.05) is 0 Å². The summed E-state index contributed by atoms with van der Waals surface area (Å²) in [5, 5.41) is 43.4. The summed E-state index contributed by atoms with van der Waals surface area (Å²) in [5.74, 6) is 0. The van der Waals surface area contributed by atoms with Gasteiger partial charge in [0.25, 0.3) is 0 Å². The molecule has 11 heavy (non-hydrogen) atoms. The Labute approximate surface area is 64.5 Å². The minimum atomic E-state index is -1.58. The Kier molecular flexibility index (Phi) is 4.55. The molecule has 5 nitrogen and oxygen atoms in total. The van der Waals surface area contributed by atoms with E-state index in [1.165, 1.54) is 0 Å². The average Bonchev–Trinajstić information content (AvgIpc) is 2.00. The van der Waals surface area contributed by atoms with Gasteiger partial charge in [-0.05, 0) is 6.92 Å². The molecule has 0 saturated carbocycles. The van der Waals surface area contributed by atoms with Crippen LogP contribution in [0.5, 0.6) is 0 Å². The van der Waals surface area contributed by atoms with Gasteiger partial charge in [0.2, 0.25) is 0 Å². The van der Waals surface area contributed by atoms with Crippen LogP contribution in [0.2, 0.25) is 0 Å². The monoisotopic (exact) mass is 165 g/mol. The fraction of sp³-hybridized carbons (Fsp3) is 0.833. The van der Waals surface area contributed by atoms with Gasteiger partial charge in [0.05, 0.1) is 12.7 Å². The molecule has 0 bridgehead atoms. The Hall–Kier alpha value is -0.200. The summed E-state index contributed by atoms with van der Waals surface area (Å²) in [6.07, 6.45) is -5.96. The molecule has 0 rings (SSSR count). The van der Waals surface area contributed by atoms with E-state index in [1.54, 1.807) is 0 Å². The summed E-state index contributed by atoms with van der Waals surface area (Å²) in [6, 6.07) is 0. The standard InChI is InChI=1S/C6H13O5/c1-3(8)5(10)6(11)4(9)2-7/h3-11H,1-2H2. The zero-order valence-corrected chi connectivity index (χ0v) is 5.96. The largest absolute Gasteiger partial charge is 0.394 e. The van der Waals surface area contributed by atoms with E-state index in [4.69, 9.17) is 25.5 Å². The lowest BCUT2D eigenvalue weighted by atomic mass is 10.1. The number of hydrogen-bond donors (Lipinski definition) is 5. The number of aliphatic hydroxyl groups is 5. The van der Waals surface area contributed by atoms with Crippen LogP contribution in [0.1, 0.15) is 0 Å². The van der Waals surface area contributed by atoms with Gasteiger partial charge in [-0.3, -0.25) is 0 Å². The summed E-state index contributed by atoms with van der Waals surface area (Å²) in [6.45, 7) is 2.35. The highest BCUT2D eigenvalue weighted by Crippen LogP contribution is 2.03. The van der Waals surface area contributed by atoms with Gasteiger partial charge < -0.3 is 25.5 Å². The average molecular weight is 165 g/mol. The highest BCUT2D eigenvalue weighted by molar-refractivity contribution is 4.81. The molecule has 0 heterocycles. The molecule has 0 aliphatic rings. The lowest BCUT2D eigenvalue weighted by Gasteiger charge is -2.23. The summed E-state index contributed by atoms with van der Waals surface area (Å²) < 4.78 is 0. The zero-order valence-electron chi connectivity index (χ0n) is 5.96. The Bertz CT molecular complexity index is 105. The first-order chi connectivity index (χ1) is 5.00. The van der Waals surface area contributed by atoms with E-state index in [9.17, 15) is 0 Å². The van der Waals surface area contributed by atoms with E-state index in [1.807, 2.05) is 0 Å². The molecule has 5 heteroatoms. The molecule has 4 atom stereocenters. The van der Waals surface area contributed by atoms with Gasteiger partial charge in [-0.25, -0.2) is 0 Å². The van der Waals surface area contributed by atoms with Crippen molar-refractivity contribution < 1.29 is 25.5 Å². The molecule has 0 amide bonds. The third-order valence-corrected chi connectivity index (χ3v) is 1.33. The topological polar surface area (TPSA) is 101 Å². The maximum atomic E-state index is 8.90. The second-order valence-electron chi connectivity index (χ2n) is 2.30. The Balaban J connectivity index is 3.90. The minimum Gasteiger partial charge on any atom is -0.394 e. The molecule has 67 valence electrons. The first kappa shape index (κ1) is 10.8. The quantitative estimate of drug-likeness (QED) is 0.311. The second-order valence-corrected chi connectivity index (χ2v) is 2.30. The van der Waals surface area contributed by atoms with Gasteiger partial charge in [0.1, 0.15) is 18.3 Å². The summed E-state index contributed by atoms with van der Waals surface area (Å²) in [4.78, 5) is 0. The van der Waals surface area contributed by atoms with Crippen molar-refractivity contribution >= 4 is 0 Å². The molecule has 0 aromatic rings. The number of rotatable bonds is 4. The molecule has 0 fully saturated rings. The van der Waals surface area contributed by atoms with Crippen LogP contribution in [0.3, 0.4) is 0 Å². The van der Waals surface area contributed by atoms with Crippen LogP contribution < -0.4 is 0 Å². The Morgan fingerprint density at radius 1 is 1.00 bits per heavy atom. The zero-order chi connectivity index (χ0) is 9.02.